The number of benzene rings is 1. The Bertz CT molecular complexity index is 361. The zero-order valence-corrected chi connectivity index (χ0v) is 9.47. The van der Waals surface area contributed by atoms with Crippen LogP contribution in [-0.2, 0) is 4.84 Å². The normalized spacial score (nSPS) is 25.8. The lowest BCUT2D eigenvalue weighted by molar-refractivity contribution is -0.0159. The molecule has 0 radical (unpaired) electrons. The van der Waals surface area contributed by atoms with E-state index in [1.54, 1.807) is 0 Å². The molecule has 3 heteroatoms. The number of oxime groups is 1. The fraction of sp³-hybridized carbons (Fsp3) is 0.462. The van der Waals surface area contributed by atoms with Crippen LogP contribution in [0.3, 0.4) is 0 Å². The Kier molecular flexibility index (Phi) is 3.57. The van der Waals surface area contributed by atoms with Crippen LogP contribution in [0.2, 0.25) is 0 Å². The Balaban J connectivity index is 1.97. The topological polar surface area (TPSA) is 41.8 Å². The lowest BCUT2D eigenvalue weighted by Gasteiger charge is -2.12. The van der Waals surface area contributed by atoms with Gasteiger partial charge in [0.2, 0.25) is 0 Å². The lowest BCUT2D eigenvalue weighted by atomic mass is 10.1. The summed E-state index contributed by atoms with van der Waals surface area (Å²) >= 11 is 0. The predicted molar refractivity (Wildman–Crippen MR) is 63.4 cm³/mol. The van der Waals surface area contributed by atoms with Crippen LogP contribution in [0, 0.1) is 0 Å². The van der Waals surface area contributed by atoms with Crippen molar-refractivity contribution in [1.82, 2.24) is 0 Å². The second-order valence-corrected chi connectivity index (χ2v) is 4.18. The van der Waals surface area contributed by atoms with Crippen molar-refractivity contribution in [3.63, 3.8) is 0 Å². The molecule has 1 fully saturated rings. The second kappa shape index (κ2) is 5.12. The van der Waals surface area contributed by atoms with Crippen molar-refractivity contribution in [3.05, 3.63) is 35.9 Å². The Morgan fingerprint density at radius 3 is 2.69 bits per heavy atom. The molecule has 2 atom stereocenters. The molecule has 0 spiro atoms. The first kappa shape index (κ1) is 11.1. The van der Waals surface area contributed by atoms with Gasteiger partial charge in [-0.25, -0.2) is 0 Å². The molecule has 1 aromatic rings. The van der Waals surface area contributed by atoms with Gasteiger partial charge in [-0.05, 0) is 31.7 Å². The maximum Gasteiger partial charge on any atom is 0.153 e. The average Bonchev–Trinajstić information content (AvgIpc) is 2.73. The summed E-state index contributed by atoms with van der Waals surface area (Å²) in [6.45, 7) is 1.91. The van der Waals surface area contributed by atoms with Crippen molar-refractivity contribution in [2.45, 2.75) is 38.4 Å². The predicted octanol–water partition coefficient (Wildman–Crippen LogP) is 2.34. The van der Waals surface area contributed by atoms with E-state index in [4.69, 9.17) is 4.84 Å². The van der Waals surface area contributed by atoms with E-state index in [1.807, 2.05) is 37.3 Å². The van der Waals surface area contributed by atoms with Gasteiger partial charge in [-0.1, -0.05) is 35.5 Å². The molecule has 86 valence electrons. The Hall–Kier alpha value is -1.35. The van der Waals surface area contributed by atoms with Gasteiger partial charge in [0.15, 0.2) is 6.10 Å². The maximum atomic E-state index is 9.58. The van der Waals surface area contributed by atoms with Crippen LogP contribution in [0.15, 0.2) is 35.5 Å². The van der Waals surface area contributed by atoms with Crippen LogP contribution >= 0.6 is 0 Å². The van der Waals surface area contributed by atoms with Gasteiger partial charge in [0.05, 0.1) is 11.8 Å². The van der Waals surface area contributed by atoms with E-state index in [-0.39, 0.29) is 12.2 Å². The highest BCUT2D eigenvalue weighted by Crippen LogP contribution is 2.22. The van der Waals surface area contributed by atoms with Crippen LogP contribution in [0.4, 0.5) is 0 Å². The van der Waals surface area contributed by atoms with Crippen molar-refractivity contribution >= 4 is 5.71 Å². The number of hydrogen-bond donors (Lipinski definition) is 1. The molecule has 0 amide bonds. The second-order valence-electron chi connectivity index (χ2n) is 4.18. The van der Waals surface area contributed by atoms with E-state index in [9.17, 15) is 5.11 Å². The first-order chi connectivity index (χ1) is 7.77. The van der Waals surface area contributed by atoms with Gasteiger partial charge in [0.1, 0.15) is 0 Å². The molecule has 0 aromatic heterocycles. The highest BCUT2D eigenvalue weighted by atomic mass is 16.6. The summed E-state index contributed by atoms with van der Waals surface area (Å²) in [5.41, 5.74) is 1.90. The minimum atomic E-state index is -0.354. The van der Waals surface area contributed by atoms with E-state index in [1.165, 1.54) is 0 Å². The van der Waals surface area contributed by atoms with Crippen LogP contribution in [0.25, 0.3) is 0 Å². The summed E-state index contributed by atoms with van der Waals surface area (Å²) in [6, 6.07) is 9.90. The molecule has 2 rings (SSSR count). The summed E-state index contributed by atoms with van der Waals surface area (Å²) in [6.07, 6.45) is 2.26. The molecular formula is C13H17NO2. The number of hydrogen-bond acceptors (Lipinski definition) is 3. The van der Waals surface area contributed by atoms with Crippen molar-refractivity contribution in [2.75, 3.05) is 0 Å². The summed E-state index contributed by atoms with van der Waals surface area (Å²) in [7, 11) is 0. The average molecular weight is 219 g/mol. The molecular weight excluding hydrogens is 202 g/mol. The molecule has 1 saturated carbocycles. The summed E-state index contributed by atoms with van der Waals surface area (Å²) in [5.74, 6) is 0. The van der Waals surface area contributed by atoms with E-state index in [0.717, 1.165) is 30.5 Å². The Morgan fingerprint density at radius 1 is 1.31 bits per heavy atom. The molecule has 0 unspecified atom stereocenters. The van der Waals surface area contributed by atoms with E-state index in [0.29, 0.717) is 0 Å². The van der Waals surface area contributed by atoms with Gasteiger partial charge in [-0.2, -0.15) is 0 Å². The number of rotatable bonds is 3. The number of nitrogens with zero attached hydrogens (tertiary/aromatic N) is 1. The standard InChI is InChI=1S/C13H17NO2/c1-10(11-6-3-2-4-7-11)14-16-13-9-5-8-12(13)15/h2-4,6-7,12-13,15H,5,8-9H2,1H3/b14-10+/t12-,13-/m0/s1. The molecule has 3 nitrogen and oxygen atoms in total. The van der Waals surface area contributed by atoms with Crippen LogP contribution < -0.4 is 0 Å². The molecule has 1 N–H and O–H groups in total. The molecule has 1 aliphatic carbocycles. The maximum absolute atomic E-state index is 9.58. The van der Waals surface area contributed by atoms with Crippen molar-refractivity contribution < 1.29 is 9.94 Å². The minimum Gasteiger partial charge on any atom is -0.389 e. The zero-order valence-electron chi connectivity index (χ0n) is 9.47. The third kappa shape index (κ3) is 2.61. The van der Waals surface area contributed by atoms with Crippen LogP contribution in [-0.4, -0.2) is 23.0 Å². The highest BCUT2D eigenvalue weighted by molar-refractivity contribution is 5.98. The van der Waals surface area contributed by atoms with Crippen molar-refractivity contribution in [3.8, 4) is 0 Å². The third-order valence-corrected chi connectivity index (χ3v) is 2.93. The summed E-state index contributed by atoms with van der Waals surface area (Å²) in [4.78, 5) is 5.37. The zero-order chi connectivity index (χ0) is 11.4. The molecule has 0 heterocycles. The van der Waals surface area contributed by atoms with Crippen LogP contribution in [0.1, 0.15) is 31.7 Å². The van der Waals surface area contributed by atoms with Gasteiger partial charge in [-0.15, -0.1) is 0 Å². The summed E-state index contributed by atoms with van der Waals surface area (Å²) in [5, 5.41) is 13.7. The third-order valence-electron chi connectivity index (χ3n) is 2.93. The molecule has 0 aliphatic heterocycles. The van der Waals surface area contributed by atoms with E-state index >= 15 is 0 Å². The highest BCUT2D eigenvalue weighted by Gasteiger charge is 2.26. The Labute approximate surface area is 95.7 Å². The monoisotopic (exact) mass is 219 g/mol. The van der Waals surface area contributed by atoms with Gasteiger partial charge in [0, 0.05) is 0 Å². The van der Waals surface area contributed by atoms with Crippen LogP contribution in [0.5, 0.6) is 0 Å². The van der Waals surface area contributed by atoms with Gasteiger partial charge < -0.3 is 9.94 Å². The molecule has 0 bridgehead atoms. The largest absolute Gasteiger partial charge is 0.389 e. The first-order valence-corrected chi connectivity index (χ1v) is 5.71. The smallest absolute Gasteiger partial charge is 0.153 e. The molecule has 16 heavy (non-hydrogen) atoms. The molecule has 1 aliphatic rings. The molecule has 0 saturated heterocycles. The van der Waals surface area contributed by atoms with Crippen molar-refractivity contribution in [2.24, 2.45) is 5.16 Å². The molecule has 1 aromatic carbocycles. The minimum absolute atomic E-state index is 0.126. The quantitative estimate of drug-likeness (QED) is 0.626. The number of aliphatic hydroxyl groups excluding tert-OH is 1. The van der Waals surface area contributed by atoms with E-state index < -0.39 is 0 Å². The fourth-order valence-corrected chi connectivity index (χ4v) is 1.91. The SMILES string of the molecule is C/C(=N\O[C@H]1CCC[C@@H]1O)c1ccccc1. The summed E-state index contributed by atoms with van der Waals surface area (Å²) < 4.78 is 0. The van der Waals surface area contributed by atoms with Gasteiger partial charge >= 0.3 is 0 Å². The lowest BCUT2D eigenvalue weighted by Crippen LogP contribution is -2.21. The fourth-order valence-electron chi connectivity index (χ4n) is 1.91. The Morgan fingerprint density at radius 2 is 2.06 bits per heavy atom. The first-order valence-electron chi connectivity index (χ1n) is 5.71. The number of aliphatic hydroxyl groups is 1. The van der Waals surface area contributed by atoms with Gasteiger partial charge in [-0.3, -0.25) is 0 Å². The van der Waals surface area contributed by atoms with Crippen molar-refractivity contribution in [1.29, 1.82) is 0 Å². The van der Waals surface area contributed by atoms with E-state index in [2.05, 4.69) is 5.16 Å². The van der Waals surface area contributed by atoms with Gasteiger partial charge in [0.25, 0.3) is 0 Å².